The minimum atomic E-state index is -0.230. The van der Waals surface area contributed by atoms with E-state index in [2.05, 4.69) is 10.6 Å². The van der Waals surface area contributed by atoms with Gasteiger partial charge in [-0.2, -0.15) is 0 Å². The average Bonchev–Trinajstić information content (AvgIpc) is 3.08. The fourth-order valence-electron chi connectivity index (χ4n) is 2.64. The maximum absolute atomic E-state index is 12.1. The highest BCUT2D eigenvalue weighted by Gasteiger charge is 2.14. The van der Waals surface area contributed by atoms with Gasteiger partial charge in [-0.05, 0) is 38.1 Å². The zero-order valence-corrected chi connectivity index (χ0v) is 16.1. The molecule has 0 aliphatic heterocycles. The van der Waals surface area contributed by atoms with Gasteiger partial charge in [0.25, 0.3) is 0 Å². The Morgan fingerprint density at radius 3 is 2.48 bits per heavy atom. The van der Waals surface area contributed by atoms with E-state index in [9.17, 15) is 9.59 Å². The Bertz CT molecular complexity index is 901. The van der Waals surface area contributed by atoms with Gasteiger partial charge in [0.1, 0.15) is 11.3 Å². The molecule has 1 aromatic heterocycles. The second-order valence-corrected chi connectivity index (χ2v) is 7.37. The van der Waals surface area contributed by atoms with Gasteiger partial charge in [0.2, 0.25) is 11.8 Å². The Hall–Kier alpha value is -2.73. The summed E-state index contributed by atoms with van der Waals surface area (Å²) in [6, 6.07) is 17.0. The molecule has 2 amide bonds. The fraction of sp³-hybridized carbons (Fsp3) is 0.238. The Morgan fingerprint density at radius 1 is 1.04 bits per heavy atom. The van der Waals surface area contributed by atoms with Gasteiger partial charge in [0, 0.05) is 11.1 Å². The van der Waals surface area contributed by atoms with Crippen molar-refractivity contribution in [1.29, 1.82) is 0 Å². The van der Waals surface area contributed by atoms with Crippen LogP contribution in [0.1, 0.15) is 24.3 Å². The molecule has 0 spiro atoms. The molecule has 0 fully saturated rings. The van der Waals surface area contributed by atoms with E-state index in [1.54, 1.807) is 0 Å². The molecule has 140 valence electrons. The molecule has 2 N–H and O–H groups in total. The third-order valence-electron chi connectivity index (χ3n) is 4.05. The highest BCUT2D eigenvalue weighted by molar-refractivity contribution is 8.00. The van der Waals surface area contributed by atoms with Crippen molar-refractivity contribution < 1.29 is 14.0 Å². The van der Waals surface area contributed by atoms with Crippen LogP contribution in [0.3, 0.4) is 0 Å². The summed E-state index contributed by atoms with van der Waals surface area (Å²) in [5.74, 6) is 0.899. The summed E-state index contributed by atoms with van der Waals surface area (Å²) in [4.78, 5) is 24.1. The minimum absolute atomic E-state index is 0.123. The summed E-state index contributed by atoms with van der Waals surface area (Å²) in [6.45, 7) is 3.87. The Labute approximate surface area is 162 Å². The quantitative estimate of drug-likeness (QED) is 0.639. The van der Waals surface area contributed by atoms with Crippen molar-refractivity contribution in [2.24, 2.45) is 0 Å². The number of hydrogen-bond acceptors (Lipinski definition) is 4. The topological polar surface area (TPSA) is 71.3 Å². The number of anilines is 1. The van der Waals surface area contributed by atoms with Crippen molar-refractivity contribution in [3.05, 3.63) is 65.9 Å². The molecule has 0 saturated carbocycles. The summed E-state index contributed by atoms with van der Waals surface area (Å²) in [7, 11) is 0. The van der Waals surface area contributed by atoms with Gasteiger partial charge in [-0.15, -0.1) is 11.8 Å². The van der Waals surface area contributed by atoms with E-state index >= 15 is 0 Å². The van der Waals surface area contributed by atoms with E-state index in [1.807, 2.05) is 68.4 Å². The number of aryl methyl sites for hydroxylation is 1. The van der Waals surface area contributed by atoms with Crippen LogP contribution in [-0.2, 0) is 9.59 Å². The molecule has 0 aliphatic carbocycles. The number of rotatable bonds is 7. The number of amides is 2. The number of furan rings is 1. The van der Waals surface area contributed by atoms with Gasteiger partial charge < -0.3 is 15.1 Å². The average molecular weight is 382 g/mol. The molecule has 0 aliphatic rings. The van der Waals surface area contributed by atoms with Crippen molar-refractivity contribution in [3.8, 4) is 0 Å². The van der Waals surface area contributed by atoms with Crippen LogP contribution in [0, 0.1) is 6.92 Å². The molecular formula is C21H22N2O3S. The van der Waals surface area contributed by atoms with E-state index in [0.717, 1.165) is 22.2 Å². The van der Waals surface area contributed by atoms with Crippen molar-refractivity contribution in [2.75, 3.05) is 16.8 Å². The monoisotopic (exact) mass is 382 g/mol. The lowest BCUT2D eigenvalue weighted by atomic mass is 10.2. The van der Waals surface area contributed by atoms with Gasteiger partial charge in [0.05, 0.1) is 17.5 Å². The van der Waals surface area contributed by atoms with Gasteiger partial charge in [-0.25, -0.2) is 0 Å². The summed E-state index contributed by atoms with van der Waals surface area (Å²) in [5.41, 5.74) is 2.70. The molecule has 0 bridgehead atoms. The number of nitrogens with one attached hydrogen (secondary N) is 2. The Kier molecular flexibility index (Phi) is 6.19. The predicted molar refractivity (Wildman–Crippen MR) is 110 cm³/mol. The zero-order valence-electron chi connectivity index (χ0n) is 15.3. The van der Waals surface area contributed by atoms with Crippen LogP contribution in [0.2, 0.25) is 0 Å². The first kappa shape index (κ1) is 19.0. The number of carbonyl (C=O) groups excluding carboxylic acids is 2. The highest BCUT2D eigenvalue weighted by Crippen LogP contribution is 2.23. The third kappa shape index (κ3) is 5.37. The van der Waals surface area contributed by atoms with Gasteiger partial charge >= 0.3 is 0 Å². The standard InChI is InChI=1S/C21H22N2O3S/c1-14-7-9-17(10-8-14)23-21(25)13-27-12-20(24)22-15(2)19-11-16-5-3-4-6-18(16)26-19/h3-11,15H,12-13H2,1-2H3,(H,22,24)(H,23,25). The zero-order chi connectivity index (χ0) is 19.2. The molecule has 1 atom stereocenters. The third-order valence-corrected chi connectivity index (χ3v) is 4.98. The highest BCUT2D eigenvalue weighted by atomic mass is 32.2. The van der Waals surface area contributed by atoms with Crippen LogP contribution >= 0.6 is 11.8 Å². The van der Waals surface area contributed by atoms with Crippen molar-refractivity contribution in [2.45, 2.75) is 19.9 Å². The van der Waals surface area contributed by atoms with Crippen molar-refractivity contribution in [1.82, 2.24) is 5.32 Å². The second kappa shape index (κ2) is 8.77. The lowest BCUT2D eigenvalue weighted by molar-refractivity contribution is -0.119. The van der Waals surface area contributed by atoms with Crippen LogP contribution in [0.4, 0.5) is 5.69 Å². The van der Waals surface area contributed by atoms with E-state index < -0.39 is 0 Å². The number of thioether (sulfide) groups is 1. The minimum Gasteiger partial charge on any atom is -0.459 e. The van der Waals surface area contributed by atoms with E-state index in [-0.39, 0.29) is 29.4 Å². The molecule has 27 heavy (non-hydrogen) atoms. The summed E-state index contributed by atoms with van der Waals surface area (Å²) < 4.78 is 5.76. The van der Waals surface area contributed by atoms with Gasteiger partial charge in [-0.1, -0.05) is 35.9 Å². The molecule has 3 aromatic rings. The molecule has 3 rings (SSSR count). The number of para-hydroxylation sites is 1. The van der Waals surface area contributed by atoms with Gasteiger partial charge in [-0.3, -0.25) is 9.59 Å². The number of fused-ring (bicyclic) bond motifs is 1. The molecule has 2 aromatic carbocycles. The fourth-order valence-corrected chi connectivity index (χ4v) is 3.27. The summed E-state index contributed by atoms with van der Waals surface area (Å²) in [5, 5.41) is 6.73. The molecule has 6 heteroatoms. The summed E-state index contributed by atoms with van der Waals surface area (Å²) >= 11 is 1.28. The van der Waals surface area contributed by atoms with E-state index in [4.69, 9.17) is 4.42 Å². The van der Waals surface area contributed by atoms with Crippen LogP contribution < -0.4 is 10.6 Å². The predicted octanol–water partition coefficient (Wildman–Crippen LogP) is 4.29. The van der Waals surface area contributed by atoms with E-state index in [0.29, 0.717) is 5.76 Å². The first-order valence-corrected chi connectivity index (χ1v) is 9.89. The maximum Gasteiger partial charge on any atom is 0.234 e. The van der Waals surface area contributed by atoms with Crippen molar-refractivity contribution >= 4 is 40.2 Å². The lowest BCUT2D eigenvalue weighted by Gasteiger charge is -2.11. The molecule has 0 saturated heterocycles. The molecule has 1 unspecified atom stereocenters. The number of benzene rings is 2. The summed E-state index contributed by atoms with van der Waals surface area (Å²) in [6.07, 6.45) is 0. The van der Waals surface area contributed by atoms with Crippen molar-refractivity contribution in [3.63, 3.8) is 0 Å². The first-order chi connectivity index (χ1) is 13.0. The Morgan fingerprint density at radius 2 is 1.74 bits per heavy atom. The maximum atomic E-state index is 12.1. The normalized spacial score (nSPS) is 11.9. The number of carbonyl (C=O) groups is 2. The van der Waals surface area contributed by atoms with Crippen LogP contribution in [0.5, 0.6) is 0 Å². The molecule has 0 radical (unpaired) electrons. The smallest absolute Gasteiger partial charge is 0.234 e. The first-order valence-electron chi connectivity index (χ1n) is 8.73. The SMILES string of the molecule is Cc1ccc(NC(=O)CSCC(=O)NC(C)c2cc3ccccc3o2)cc1. The Balaban J connectivity index is 1.42. The lowest BCUT2D eigenvalue weighted by Crippen LogP contribution is -2.28. The molecular weight excluding hydrogens is 360 g/mol. The van der Waals surface area contributed by atoms with E-state index in [1.165, 1.54) is 11.8 Å². The largest absolute Gasteiger partial charge is 0.459 e. The molecule has 1 heterocycles. The van der Waals surface area contributed by atoms with Crippen LogP contribution in [0.25, 0.3) is 11.0 Å². The van der Waals surface area contributed by atoms with Crippen LogP contribution in [0.15, 0.2) is 59.0 Å². The number of hydrogen-bond donors (Lipinski definition) is 2. The van der Waals surface area contributed by atoms with Gasteiger partial charge in [0.15, 0.2) is 0 Å². The molecule has 5 nitrogen and oxygen atoms in total. The second-order valence-electron chi connectivity index (χ2n) is 6.38. The van der Waals surface area contributed by atoms with Crippen LogP contribution in [-0.4, -0.2) is 23.3 Å².